The van der Waals surface area contributed by atoms with Crippen molar-refractivity contribution >= 4 is 33.4 Å². The van der Waals surface area contributed by atoms with Gasteiger partial charge in [0.1, 0.15) is 17.6 Å². The van der Waals surface area contributed by atoms with Crippen molar-refractivity contribution < 1.29 is 13.3 Å². The molecule has 132 valence electrons. The van der Waals surface area contributed by atoms with Gasteiger partial charge in [0.25, 0.3) is 0 Å². The molecule has 9 heteroatoms. The van der Waals surface area contributed by atoms with Crippen LogP contribution in [0.2, 0.25) is 0 Å². The standard InChI is InChI=1S/C15H22N4O2S3/c1-3-18(12-6-8-24(20,21)10-12)11-19-15(22)17(2)14(16-19)9-13-5-4-7-23-13/h4-5,7,12H,3,6,8-11H2,1-2H3/p+1/t12-/m0/s1. The molecular weight excluding hydrogens is 364 g/mol. The lowest BCUT2D eigenvalue weighted by Gasteiger charge is -2.22. The molecule has 0 bridgehead atoms. The fraction of sp³-hybridized carbons (Fsp3) is 0.600. The Kier molecular flexibility index (Phi) is 5.24. The Morgan fingerprint density at radius 3 is 2.88 bits per heavy atom. The lowest BCUT2D eigenvalue weighted by atomic mass is 10.2. The maximum absolute atomic E-state index is 11.8. The highest BCUT2D eigenvalue weighted by atomic mass is 32.2. The van der Waals surface area contributed by atoms with Crippen molar-refractivity contribution in [1.82, 2.24) is 14.3 Å². The van der Waals surface area contributed by atoms with E-state index in [4.69, 9.17) is 17.3 Å². The molecule has 2 atom stereocenters. The predicted octanol–water partition coefficient (Wildman–Crippen LogP) is 0.653. The van der Waals surface area contributed by atoms with Gasteiger partial charge in [0.15, 0.2) is 16.5 Å². The number of thiophene rings is 1. The van der Waals surface area contributed by atoms with Gasteiger partial charge in [-0.15, -0.1) is 11.3 Å². The molecule has 1 fully saturated rings. The summed E-state index contributed by atoms with van der Waals surface area (Å²) in [5.41, 5.74) is 0. The number of quaternary nitrogens is 1. The fourth-order valence-corrected chi connectivity index (χ4v) is 5.94. The Hall–Kier alpha value is -1.03. The maximum Gasteiger partial charge on any atom is 0.202 e. The molecule has 1 aliphatic heterocycles. The van der Waals surface area contributed by atoms with Gasteiger partial charge >= 0.3 is 0 Å². The molecule has 6 nitrogen and oxygen atoms in total. The van der Waals surface area contributed by atoms with Crippen LogP contribution in [-0.2, 0) is 30.0 Å². The lowest BCUT2D eigenvalue weighted by Crippen LogP contribution is -3.15. The normalized spacial score (nSPS) is 21.2. The number of rotatable bonds is 6. The highest BCUT2D eigenvalue weighted by Crippen LogP contribution is 2.14. The molecule has 2 aromatic heterocycles. The summed E-state index contributed by atoms with van der Waals surface area (Å²) in [6, 6.07) is 4.28. The number of nitrogens with one attached hydrogen (secondary N) is 1. The average Bonchev–Trinajstić information content (AvgIpc) is 3.23. The van der Waals surface area contributed by atoms with E-state index in [2.05, 4.69) is 18.4 Å². The van der Waals surface area contributed by atoms with Crippen LogP contribution in [0.1, 0.15) is 24.0 Å². The third-order valence-corrected chi connectivity index (χ3v) is 7.79. The van der Waals surface area contributed by atoms with Crippen molar-refractivity contribution in [1.29, 1.82) is 0 Å². The molecule has 3 rings (SSSR count). The van der Waals surface area contributed by atoms with Gasteiger partial charge in [0, 0.05) is 24.8 Å². The molecule has 0 saturated carbocycles. The summed E-state index contributed by atoms with van der Waals surface area (Å²) in [5.74, 6) is 1.52. The average molecular weight is 388 g/mol. The molecule has 1 saturated heterocycles. The molecule has 0 aliphatic carbocycles. The third kappa shape index (κ3) is 3.79. The molecule has 1 aliphatic rings. The zero-order chi connectivity index (χ0) is 17.3. The highest BCUT2D eigenvalue weighted by Gasteiger charge is 2.35. The van der Waals surface area contributed by atoms with Gasteiger partial charge in [-0.1, -0.05) is 6.07 Å². The van der Waals surface area contributed by atoms with Crippen LogP contribution in [0.15, 0.2) is 17.5 Å². The van der Waals surface area contributed by atoms with E-state index in [1.54, 1.807) is 11.3 Å². The fourth-order valence-electron chi connectivity index (χ4n) is 3.20. The van der Waals surface area contributed by atoms with Crippen LogP contribution < -0.4 is 4.90 Å². The number of aromatic nitrogens is 3. The van der Waals surface area contributed by atoms with Crippen molar-refractivity contribution in [2.75, 3.05) is 18.1 Å². The summed E-state index contributed by atoms with van der Waals surface area (Å²) in [4.78, 5) is 2.49. The van der Waals surface area contributed by atoms with Crippen LogP contribution >= 0.6 is 23.6 Å². The van der Waals surface area contributed by atoms with Gasteiger partial charge in [0.2, 0.25) is 4.77 Å². The van der Waals surface area contributed by atoms with E-state index in [-0.39, 0.29) is 11.8 Å². The molecule has 0 aromatic carbocycles. The van der Waals surface area contributed by atoms with E-state index >= 15 is 0 Å². The van der Waals surface area contributed by atoms with Crippen molar-refractivity contribution in [3.8, 4) is 0 Å². The first-order valence-corrected chi connectivity index (χ1v) is 11.2. The first-order chi connectivity index (χ1) is 11.4. The van der Waals surface area contributed by atoms with Crippen molar-refractivity contribution in [2.24, 2.45) is 7.05 Å². The summed E-state index contributed by atoms with van der Waals surface area (Å²) in [6.45, 7) is 3.56. The zero-order valence-corrected chi connectivity index (χ0v) is 16.4. The van der Waals surface area contributed by atoms with Crippen molar-refractivity contribution in [2.45, 2.75) is 32.5 Å². The van der Waals surface area contributed by atoms with Crippen LogP contribution in [0.3, 0.4) is 0 Å². The Labute approximate surface area is 151 Å². The van der Waals surface area contributed by atoms with Crippen LogP contribution in [-0.4, -0.2) is 46.9 Å². The van der Waals surface area contributed by atoms with E-state index < -0.39 is 9.84 Å². The Bertz CT molecular complexity index is 852. The largest absolute Gasteiger partial charge is 0.313 e. The third-order valence-electron chi connectivity index (χ3n) is 4.66. The van der Waals surface area contributed by atoms with Gasteiger partial charge in [0.05, 0.1) is 12.3 Å². The quantitative estimate of drug-likeness (QED) is 0.740. The Balaban J connectivity index is 1.78. The first kappa shape index (κ1) is 17.8. The first-order valence-electron chi connectivity index (χ1n) is 8.09. The monoisotopic (exact) mass is 387 g/mol. The molecule has 1 unspecified atom stereocenters. The van der Waals surface area contributed by atoms with Gasteiger partial charge in [-0.25, -0.2) is 8.42 Å². The zero-order valence-electron chi connectivity index (χ0n) is 13.9. The number of hydrogen-bond donors (Lipinski definition) is 1. The molecule has 0 radical (unpaired) electrons. The van der Waals surface area contributed by atoms with E-state index in [1.807, 2.05) is 22.4 Å². The second-order valence-electron chi connectivity index (χ2n) is 6.28. The van der Waals surface area contributed by atoms with Crippen molar-refractivity contribution in [3.63, 3.8) is 0 Å². The molecule has 1 N–H and O–H groups in total. The summed E-state index contributed by atoms with van der Waals surface area (Å²) >= 11 is 7.24. The predicted molar refractivity (Wildman–Crippen MR) is 97.7 cm³/mol. The van der Waals surface area contributed by atoms with Crippen LogP contribution in [0.5, 0.6) is 0 Å². The maximum atomic E-state index is 11.8. The van der Waals surface area contributed by atoms with E-state index in [0.29, 0.717) is 17.2 Å². The molecule has 2 aromatic rings. The molecular formula is C15H23N4O2S3+. The molecule has 0 spiro atoms. The summed E-state index contributed by atoms with van der Waals surface area (Å²) in [5, 5.41) is 6.75. The summed E-state index contributed by atoms with van der Waals surface area (Å²) < 4.78 is 28.0. The molecule has 24 heavy (non-hydrogen) atoms. The van der Waals surface area contributed by atoms with Gasteiger partial charge in [-0.2, -0.15) is 9.78 Å². The van der Waals surface area contributed by atoms with Crippen LogP contribution in [0, 0.1) is 4.77 Å². The number of nitrogens with zero attached hydrogens (tertiary/aromatic N) is 3. The molecule has 3 heterocycles. The van der Waals surface area contributed by atoms with Gasteiger partial charge in [-0.05, 0) is 30.6 Å². The summed E-state index contributed by atoms with van der Waals surface area (Å²) in [7, 11) is -0.926. The van der Waals surface area contributed by atoms with Crippen molar-refractivity contribution in [3.05, 3.63) is 33.0 Å². The second kappa shape index (κ2) is 7.07. The van der Waals surface area contributed by atoms with Gasteiger partial charge < -0.3 is 9.47 Å². The Morgan fingerprint density at radius 1 is 1.50 bits per heavy atom. The molecule has 0 amide bonds. The Morgan fingerprint density at radius 2 is 2.29 bits per heavy atom. The summed E-state index contributed by atoms with van der Waals surface area (Å²) in [6.07, 6.45) is 1.50. The smallest absolute Gasteiger partial charge is 0.202 e. The lowest BCUT2D eigenvalue weighted by molar-refractivity contribution is -0.943. The SMILES string of the molecule is CC[NH+](Cn1nc(Cc2cccs2)n(C)c1=S)[C@H]1CCS(=O)(=O)C1. The minimum Gasteiger partial charge on any atom is -0.313 e. The second-order valence-corrected chi connectivity index (χ2v) is 9.91. The number of hydrogen-bond acceptors (Lipinski definition) is 5. The topological polar surface area (TPSA) is 61.3 Å². The van der Waals surface area contributed by atoms with Crippen LogP contribution in [0.25, 0.3) is 0 Å². The van der Waals surface area contributed by atoms with E-state index in [0.717, 1.165) is 25.2 Å². The van der Waals surface area contributed by atoms with E-state index in [9.17, 15) is 8.42 Å². The highest BCUT2D eigenvalue weighted by molar-refractivity contribution is 7.91. The van der Waals surface area contributed by atoms with E-state index in [1.165, 1.54) is 9.78 Å². The number of sulfone groups is 1. The van der Waals surface area contributed by atoms with Crippen LogP contribution in [0.4, 0.5) is 0 Å². The van der Waals surface area contributed by atoms with Gasteiger partial charge in [-0.3, -0.25) is 0 Å². The minimum atomic E-state index is -2.87. The minimum absolute atomic E-state index is 0.143.